The molecule has 2 heterocycles. The molecular weight excluding hydrogens is 216 g/mol. The van der Waals surface area contributed by atoms with E-state index in [1.54, 1.807) is 18.2 Å². The van der Waals surface area contributed by atoms with Crippen molar-refractivity contribution in [3.8, 4) is 5.75 Å². The number of para-hydroxylation sites is 1. The molecule has 1 aliphatic rings. The summed E-state index contributed by atoms with van der Waals surface area (Å²) in [6.45, 7) is 1.53. The molecule has 0 fully saturated rings. The van der Waals surface area contributed by atoms with Gasteiger partial charge in [-0.1, -0.05) is 6.07 Å². The van der Waals surface area contributed by atoms with Gasteiger partial charge in [0.15, 0.2) is 5.43 Å². The molecule has 0 aliphatic carbocycles. The summed E-state index contributed by atoms with van der Waals surface area (Å²) >= 11 is 0. The second-order valence-electron chi connectivity index (χ2n) is 4.41. The molecule has 17 heavy (non-hydrogen) atoms. The quantitative estimate of drug-likeness (QED) is 0.706. The van der Waals surface area contributed by atoms with Crippen LogP contribution in [-0.2, 0) is 20.0 Å². The van der Waals surface area contributed by atoms with E-state index in [0.29, 0.717) is 17.4 Å². The molecule has 4 nitrogen and oxygen atoms in total. The highest BCUT2D eigenvalue weighted by Gasteiger charge is 2.18. The summed E-state index contributed by atoms with van der Waals surface area (Å²) in [5.41, 5.74) is 2.55. The van der Waals surface area contributed by atoms with Crippen molar-refractivity contribution in [3.63, 3.8) is 0 Å². The fourth-order valence-corrected chi connectivity index (χ4v) is 2.60. The Hall–Kier alpha value is -1.81. The van der Waals surface area contributed by atoms with Crippen molar-refractivity contribution in [2.45, 2.75) is 13.0 Å². The predicted molar refractivity (Wildman–Crippen MR) is 66.3 cm³/mol. The average molecular weight is 230 g/mol. The zero-order valence-electron chi connectivity index (χ0n) is 9.66. The highest BCUT2D eigenvalue weighted by molar-refractivity contribution is 5.85. The number of rotatable bonds is 0. The first-order valence-electron chi connectivity index (χ1n) is 5.73. The largest absolute Gasteiger partial charge is 0.506 e. The van der Waals surface area contributed by atoms with Gasteiger partial charge in [0.25, 0.3) is 0 Å². The molecule has 1 aromatic carbocycles. The SMILES string of the molecule is Cn1c2c(c(=O)c3cccc(O)c31)CCNC2. The Bertz CT molecular complexity index is 658. The van der Waals surface area contributed by atoms with Crippen LogP contribution in [0.4, 0.5) is 0 Å². The first-order valence-corrected chi connectivity index (χ1v) is 5.73. The molecule has 3 rings (SSSR count). The molecule has 0 atom stereocenters. The van der Waals surface area contributed by atoms with E-state index in [0.717, 1.165) is 24.2 Å². The molecule has 0 unspecified atom stereocenters. The van der Waals surface area contributed by atoms with E-state index < -0.39 is 0 Å². The number of pyridine rings is 1. The van der Waals surface area contributed by atoms with Gasteiger partial charge in [0.1, 0.15) is 5.75 Å². The topological polar surface area (TPSA) is 54.3 Å². The number of fused-ring (bicyclic) bond motifs is 2. The van der Waals surface area contributed by atoms with Gasteiger partial charge in [-0.15, -0.1) is 0 Å². The first kappa shape index (κ1) is 10.4. The number of phenolic OH excluding ortho intramolecular Hbond substituents is 1. The minimum atomic E-state index is 0.0606. The molecule has 88 valence electrons. The number of aromatic hydroxyl groups is 1. The van der Waals surface area contributed by atoms with Crippen LogP contribution in [0.25, 0.3) is 10.9 Å². The van der Waals surface area contributed by atoms with Crippen molar-refractivity contribution in [2.75, 3.05) is 6.54 Å². The summed E-state index contributed by atoms with van der Waals surface area (Å²) in [4.78, 5) is 12.3. The monoisotopic (exact) mass is 230 g/mol. The second kappa shape index (κ2) is 3.60. The number of hydrogen-bond acceptors (Lipinski definition) is 3. The minimum Gasteiger partial charge on any atom is -0.506 e. The van der Waals surface area contributed by atoms with Crippen LogP contribution in [0, 0.1) is 0 Å². The number of nitrogens with one attached hydrogen (secondary N) is 1. The molecule has 0 bridgehead atoms. The Morgan fingerprint density at radius 1 is 1.41 bits per heavy atom. The Morgan fingerprint density at radius 3 is 3.06 bits per heavy atom. The van der Waals surface area contributed by atoms with E-state index >= 15 is 0 Å². The third-order valence-electron chi connectivity index (χ3n) is 3.47. The maximum absolute atomic E-state index is 12.3. The average Bonchev–Trinajstić information content (AvgIpc) is 2.36. The van der Waals surface area contributed by atoms with E-state index in [1.807, 2.05) is 11.6 Å². The maximum atomic E-state index is 12.3. The van der Waals surface area contributed by atoms with Gasteiger partial charge < -0.3 is 15.0 Å². The van der Waals surface area contributed by atoms with Gasteiger partial charge in [-0.3, -0.25) is 4.79 Å². The number of hydrogen-bond donors (Lipinski definition) is 2. The lowest BCUT2D eigenvalue weighted by atomic mass is 10.0. The van der Waals surface area contributed by atoms with Gasteiger partial charge in [-0.2, -0.15) is 0 Å². The van der Waals surface area contributed by atoms with E-state index in [9.17, 15) is 9.90 Å². The standard InChI is InChI=1S/C13H14N2O2/c1-15-10-7-14-6-5-8(10)13(17)9-3-2-4-11(16)12(9)15/h2-4,14,16H,5-7H2,1H3. The lowest BCUT2D eigenvalue weighted by Crippen LogP contribution is -2.32. The van der Waals surface area contributed by atoms with E-state index in [2.05, 4.69) is 5.32 Å². The van der Waals surface area contributed by atoms with Gasteiger partial charge in [-0.25, -0.2) is 0 Å². The maximum Gasteiger partial charge on any atom is 0.193 e. The lowest BCUT2D eigenvalue weighted by molar-refractivity contribution is 0.477. The molecule has 2 aromatic rings. The molecular formula is C13H14N2O2. The number of aryl methyl sites for hydroxylation is 1. The molecule has 1 aromatic heterocycles. The fraction of sp³-hybridized carbons (Fsp3) is 0.308. The zero-order valence-corrected chi connectivity index (χ0v) is 9.66. The molecule has 4 heteroatoms. The summed E-state index contributed by atoms with van der Waals surface area (Å²) in [7, 11) is 1.90. The van der Waals surface area contributed by atoms with Crippen LogP contribution in [-0.4, -0.2) is 16.2 Å². The van der Waals surface area contributed by atoms with Crippen molar-refractivity contribution < 1.29 is 5.11 Å². The molecule has 0 saturated heterocycles. The highest BCUT2D eigenvalue weighted by Crippen LogP contribution is 2.24. The van der Waals surface area contributed by atoms with E-state index in [4.69, 9.17) is 0 Å². The number of benzene rings is 1. The minimum absolute atomic E-state index is 0.0606. The summed E-state index contributed by atoms with van der Waals surface area (Å²) in [5.74, 6) is 0.162. The Labute approximate surface area is 98.5 Å². The third kappa shape index (κ3) is 1.37. The van der Waals surface area contributed by atoms with Crippen molar-refractivity contribution in [1.82, 2.24) is 9.88 Å². The zero-order chi connectivity index (χ0) is 12.0. The molecule has 0 spiro atoms. The Morgan fingerprint density at radius 2 is 2.24 bits per heavy atom. The summed E-state index contributed by atoms with van der Waals surface area (Å²) in [6.07, 6.45) is 0.758. The van der Waals surface area contributed by atoms with Crippen LogP contribution in [0.15, 0.2) is 23.0 Å². The van der Waals surface area contributed by atoms with Crippen LogP contribution in [0.1, 0.15) is 11.3 Å². The fourth-order valence-electron chi connectivity index (χ4n) is 2.60. The van der Waals surface area contributed by atoms with Crippen molar-refractivity contribution in [1.29, 1.82) is 0 Å². The van der Waals surface area contributed by atoms with Crippen molar-refractivity contribution in [3.05, 3.63) is 39.7 Å². The number of nitrogens with zero attached hydrogens (tertiary/aromatic N) is 1. The second-order valence-corrected chi connectivity index (χ2v) is 4.41. The third-order valence-corrected chi connectivity index (χ3v) is 3.47. The molecule has 1 aliphatic heterocycles. The summed E-state index contributed by atoms with van der Waals surface area (Å²) < 4.78 is 1.92. The summed E-state index contributed by atoms with van der Waals surface area (Å²) in [6, 6.07) is 5.11. The number of aromatic nitrogens is 1. The van der Waals surface area contributed by atoms with Crippen molar-refractivity contribution >= 4 is 10.9 Å². The van der Waals surface area contributed by atoms with Gasteiger partial charge in [0.2, 0.25) is 0 Å². The normalized spacial score (nSPS) is 14.9. The summed E-state index contributed by atoms with van der Waals surface area (Å²) in [5, 5.41) is 13.8. The van der Waals surface area contributed by atoms with Gasteiger partial charge >= 0.3 is 0 Å². The highest BCUT2D eigenvalue weighted by atomic mass is 16.3. The molecule has 0 radical (unpaired) electrons. The Kier molecular flexibility index (Phi) is 2.19. The van der Waals surface area contributed by atoms with E-state index in [-0.39, 0.29) is 11.2 Å². The predicted octanol–water partition coefficient (Wildman–Crippen LogP) is 0.890. The van der Waals surface area contributed by atoms with Crippen LogP contribution in [0.5, 0.6) is 5.75 Å². The van der Waals surface area contributed by atoms with Gasteiger partial charge in [0, 0.05) is 30.2 Å². The van der Waals surface area contributed by atoms with Crippen molar-refractivity contribution in [2.24, 2.45) is 7.05 Å². The molecule has 2 N–H and O–H groups in total. The Balaban J connectivity index is 2.52. The molecule has 0 saturated carbocycles. The number of phenols is 1. The lowest BCUT2D eigenvalue weighted by Gasteiger charge is -2.22. The van der Waals surface area contributed by atoms with Crippen LogP contribution < -0.4 is 10.7 Å². The van der Waals surface area contributed by atoms with Crippen LogP contribution in [0.2, 0.25) is 0 Å². The van der Waals surface area contributed by atoms with Crippen LogP contribution in [0.3, 0.4) is 0 Å². The van der Waals surface area contributed by atoms with Gasteiger partial charge in [-0.05, 0) is 25.1 Å². The smallest absolute Gasteiger partial charge is 0.193 e. The van der Waals surface area contributed by atoms with Crippen LogP contribution >= 0.6 is 0 Å². The molecule has 0 amide bonds. The van der Waals surface area contributed by atoms with E-state index in [1.165, 1.54) is 0 Å². The first-order chi connectivity index (χ1) is 8.20. The van der Waals surface area contributed by atoms with Gasteiger partial charge in [0.05, 0.1) is 5.52 Å².